The highest BCUT2D eigenvalue weighted by Gasteiger charge is 2.26. The molecule has 1 heterocycles. The van der Waals surface area contributed by atoms with E-state index in [2.05, 4.69) is 10.3 Å². The molecule has 0 aliphatic rings. The zero-order valence-corrected chi connectivity index (χ0v) is 17.0. The monoisotopic (exact) mass is 411 g/mol. The molecule has 1 amide bonds. The van der Waals surface area contributed by atoms with Crippen molar-refractivity contribution in [3.8, 4) is 5.75 Å². The number of halogens is 1. The molecule has 0 bridgehead atoms. The number of anilines is 1. The van der Waals surface area contributed by atoms with Gasteiger partial charge in [0, 0.05) is 25.0 Å². The number of amides is 1. The third-order valence-electron chi connectivity index (χ3n) is 3.81. The number of hydrogen-bond acceptors (Lipinski definition) is 5. The van der Waals surface area contributed by atoms with E-state index < -0.39 is 15.9 Å². The second-order valence-electron chi connectivity index (χ2n) is 5.51. The Hall–Kier alpha value is -2.16. The molecule has 0 atom stereocenters. The Bertz CT molecular complexity index is 897. The molecule has 0 unspecified atom stereocenters. The van der Waals surface area contributed by atoms with Crippen molar-refractivity contribution < 1.29 is 17.9 Å². The van der Waals surface area contributed by atoms with Gasteiger partial charge in [0.15, 0.2) is 0 Å². The quantitative estimate of drug-likeness (QED) is 0.672. The van der Waals surface area contributed by atoms with E-state index in [0.29, 0.717) is 30.9 Å². The van der Waals surface area contributed by atoms with Crippen LogP contribution in [0, 0.1) is 0 Å². The molecule has 2 aromatic rings. The first-order valence-corrected chi connectivity index (χ1v) is 10.3. The van der Waals surface area contributed by atoms with Crippen LogP contribution < -0.4 is 10.1 Å². The van der Waals surface area contributed by atoms with Gasteiger partial charge in [-0.1, -0.05) is 25.4 Å². The zero-order chi connectivity index (χ0) is 20.0. The molecule has 146 valence electrons. The van der Waals surface area contributed by atoms with E-state index in [1.54, 1.807) is 26.8 Å². The molecule has 0 aliphatic heterocycles. The molecule has 1 aromatic carbocycles. The maximum atomic E-state index is 12.9. The molecular formula is C18H22ClN3O4S. The number of nitrogens with one attached hydrogen (secondary N) is 1. The number of sulfonamides is 1. The summed E-state index contributed by atoms with van der Waals surface area (Å²) in [5.41, 5.74) is 0.644. The Morgan fingerprint density at radius 1 is 1.19 bits per heavy atom. The van der Waals surface area contributed by atoms with Gasteiger partial charge in [-0.2, -0.15) is 4.31 Å². The Morgan fingerprint density at radius 2 is 1.89 bits per heavy atom. The molecule has 9 heteroatoms. The predicted octanol–water partition coefficient (Wildman–Crippen LogP) is 3.42. The number of carbonyl (C=O) groups excluding carboxylic acids is 1. The van der Waals surface area contributed by atoms with Crippen LogP contribution in [0.5, 0.6) is 5.75 Å². The van der Waals surface area contributed by atoms with Crippen LogP contribution in [0.1, 0.15) is 31.1 Å². The molecule has 27 heavy (non-hydrogen) atoms. The van der Waals surface area contributed by atoms with Gasteiger partial charge < -0.3 is 10.1 Å². The third-order valence-corrected chi connectivity index (χ3v) is 6.11. The van der Waals surface area contributed by atoms with Crippen molar-refractivity contribution in [2.75, 3.05) is 25.0 Å². The number of ether oxygens (including phenoxy) is 1. The van der Waals surface area contributed by atoms with Crippen molar-refractivity contribution in [3.05, 3.63) is 47.2 Å². The van der Waals surface area contributed by atoms with Gasteiger partial charge in [0.25, 0.3) is 5.91 Å². The van der Waals surface area contributed by atoms with Gasteiger partial charge >= 0.3 is 0 Å². The molecular weight excluding hydrogens is 390 g/mol. The SMILES string of the molecule is CCOc1ccc(NC(=O)c2ccc(Cl)nc2)cc1S(=O)(=O)N(CC)CC. The average Bonchev–Trinajstić information content (AvgIpc) is 2.64. The van der Waals surface area contributed by atoms with Crippen molar-refractivity contribution in [2.45, 2.75) is 25.7 Å². The lowest BCUT2D eigenvalue weighted by atomic mass is 10.2. The van der Waals surface area contributed by atoms with Crippen LogP contribution in [0.25, 0.3) is 0 Å². The average molecular weight is 412 g/mol. The summed E-state index contributed by atoms with van der Waals surface area (Å²) >= 11 is 5.72. The van der Waals surface area contributed by atoms with Crippen LogP contribution in [0.3, 0.4) is 0 Å². The molecule has 0 radical (unpaired) electrons. The zero-order valence-electron chi connectivity index (χ0n) is 15.4. The number of hydrogen-bond donors (Lipinski definition) is 1. The van der Waals surface area contributed by atoms with Crippen LogP contribution in [0.4, 0.5) is 5.69 Å². The van der Waals surface area contributed by atoms with Crippen molar-refractivity contribution in [3.63, 3.8) is 0 Å². The first kappa shape index (κ1) is 21.1. The number of aromatic nitrogens is 1. The fourth-order valence-electron chi connectivity index (χ4n) is 2.48. The third kappa shape index (κ3) is 4.97. The second-order valence-corrected chi connectivity index (χ2v) is 7.80. The van der Waals surface area contributed by atoms with Gasteiger partial charge in [0.1, 0.15) is 15.8 Å². The summed E-state index contributed by atoms with van der Waals surface area (Å²) in [4.78, 5) is 16.2. The summed E-state index contributed by atoms with van der Waals surface area (Å²) in [5.74, 6) is -0.176. The van der Waals surface area contributed by atoms with Crippen LogP contribution in [0.15, 0.2) is 41.4 Å². The topological polar surface area (TPSA) is 88.6 Å². The van der Waals surface area contributed by atoms with Crippen LogP contribution >= 0.6 is 11.6 Å². The molecule has 7 nitrogen and oxygen atoms in total. The minimum absolute atomic E-state index is 0.0140. The molecule has 0 aliphatic carbocycles. The van der Waals surface area contributed by atoms with E-state index in [9.17, 15) is 13.2 Å². The van der Waals surface area contributed by atoms with Gasteiger partial charge in [-0.25, -0.2) is 13.4 Å². The van der Waals surface area contributed by atoms with E-state index in [4.69, 9.17) is 16.3 Å². The molecule has 2 rings (SSSR count). The Morgan fingerprint density at radius 3 is 2.44 bits per heavy atom. The number of nitrogens with zero attached hydrogens (tertiary/aromatic N) is 2. The lowest BCUT2D eigenvalue weighted by molar-refractivity contribution is 0.102. The minimum Gasteiger partial charge on any atom is -0.492 e. The number of benzene rings is 1. The number of rotatable bonds is 8. The van der Waals surface area contributed by atoms with Crippen molar-refractivity contribution in [1.82, 2.24) is 9.29 Å². The van der Waals surface area contributed by atoms with E-state index >= 15 is 0 Å². The standard InChI is InChI=1S/C18H22ClN3O4S/c1-4-22(5-2)27(24,25)16-11-14(8-9-15(16)26-6-3)21-18(23)13-7-10-17(19)20-12-13/h7-12H,4-6H2,1-3H3,(H,21,23). The fourth-order valence-corrected chi connectivity index (χ4v) is 4.21. The first-order chi connectivity index (χ1) is 12.8. The van der Waals surface area contributed by atoms with Crippen molar-refractivity contribution in [1.29, 1.82) is 0 Å². The fraction of sp³-hybridized carbons (Fsp3) is 0.333. The highest BCUT2D eigenvalue weighted by Crippen LogP contribution is 2.30. The Balaban J connectivity index is 2.39. The largest absolute Gasteiger partial charge is 0.492 e. The van der Waals surface area contributed by atoms with Gasteiger partial charge in [0.05, 0.1) is 12.2 Å². The summed E-state index contributed by atoms with van der Waals surface area (Å²) in [6.07, 6.45) is 1.35. The summed E-state index contributed by atoms with van der Waals surface area (Å²) in [7, 11) is -3.76. The molecule has 0 saturated heterocycles. The van der Waals surface area contributed by atoms with Crippen LogP contribution in [-0.2, 0) is 10.0 Å². The highest BCUT2D eigenvalue weighted by molar-refractivity contribution is 7.89. The van der Waals surface area contributed by atoms with Crippen molar-refractivity contribution >= 4 is 33.2 Å². The smallest absolute Gasteiger partial charge is 0.257 e. The first-order valence-electron chi connectivity index (χ1n) is 8.53. The van der Waals surface area contributed by atoms with Crippen LogP contribution in [0.2, 0.25) is 5.15 Å². The Labute approximate surface area is 164 Å². The Kier molecular flexibility index (Phi) is 7.18. The predicted molar refractivity (Wildman–Crippen MR) is 105 cm³/mol. The summed E-state index contributed by atoms with van der Waals surface area (Å²) < 4.78 is 32.7. The number of carbonyl (C=O) groups is 1. The highest BCUT2D eigenvalue weighted by atomic mass is 35.5. The lowest BCUT2D eigenvalue weighted by Gasteiger charge is -2.21. The minimum atomic E-state index is -3.76. The summed E-state index contributed by atoms with van der Waals surface area (Å²) in [5, 5.41) is 2.95. The number of pyridine rings is 1. The van der Waals surface area contributed by atoms with Crippen molar-refractivity contribution in [2.24, 2.45) is 0 Å². The van der Waals surface area contributed by atoms with E-state index in [0.717, 1.165) is 0 Å². The van der Waals surface area contributed by atoms with Crippen LogP contribution in [-0.4, -0.2) is 43.3 Å². The lowest BCUT2D eigenvalue weighted by Crippen LogP contribution is -2.31. The maximum absolute atomic E-state index is 12.9. The summed E-state index contributed by atoms with van der Waals surface area (Å²) in [6.45, 7) is 6.29. The molecule has 1 N–H and O–H groups in total. The second kappa shape index (κ2) is 9.16. The molecule has 1 aromatic heterocycles. The summed E-state index contributed by atoms with van der Waals surface area (Å²) in [6, 6.07) is 7.57. The maximum Gasteiger partial charge on any atom is 0.257 e. The molecule has 0 spiro atoms. The van der Waals surface area contributed by atoms with E-state index in [1.807, 2.05) is 0 Å². The van der Waals surface area contributed by atoms with Gasteiger partial charge in [-0.15, -0.1) is 0 Å². The molecule has 0 saturated carbocycles. The van der Waals surface area contributed by atoms with Gasteiger partial charge in [-0.3, -0.25) is 4.79 Å². The van der Waals surface area contributed by atoms with E-state index in [-0.39, 0.29) is 15.8 Å². The van der Waals surface area contributed by atoms with Gasteiger partial charge in [-0.05, 0) is 37.3 Å². The normalized spacial score (nSPS) is 11.4. The van der Waals surface area contributed by atoms with Gasteiger partial charge in [0.2, 0.25) is 10.0 Å². The van der Waals surface area contributed by atoms with E-state index in [1.165, 1.54) is 34.8 Å². The molecule has 0 fully saturated rings.